The third-order valence-electron chi connectivity index (χ3n) is 3.25. The van der Waals surface area contributed by atoms with E-state index in [0.29, 0.717) is 5.02 Å². The lowest BCUT2D eigenvalue weighted by Crippen LogP contribution is -2.22. The van der Waals surface area contributed by atoms with E-state index >= 15 is 0 Å². The third-order valence-corrected chi connectivity index (χ3v) is 3.55. The van der Waals surface area contributed by atoms with E-state index < -0.39 is 0 Å². The van der Waals surface area contributed by atoms with Gasteiger partial charge in [-0.3, -0.25) is 0 Å². The molecule has 0 spiro atoms. The van der Waals surface area contributed by atoms with Crippen molar-refractivity contribution in [1.82, 2.24) is 0 Å². The Morgan fingerprint density at radius 1 is 1.17 bits per heavy atom. The van der Waals surface area contributed by atoms with Crippen molar-refractivity contribution in [3.05, 3.63) is 28.8 Å². The van der Waals surface area contributed by atoms with E-state index in [2.05, 4.69) is 26.8 Å². The first-order valence-electron chi connectivity index (χ1n) is 6.81. The number of ether oxygens (including phenoxy) is 1. The van der Waals surface area contributed by atoms with Crippen LogP contribution in [-0.4, -0.2) is 12.1 Å². The van der Waals surface area contributed by atoms with Crippen molar-refractivity contribution in [1.29, 1.82) is 0 Å². The second kappa shape index (κ2) is 7.65. The summed E-state index contributed by atoms with van der Waals surface area (Å²) in [4.78, 5) is 0. The summed E-state index contributed by atoms with van der Waals surface area (Å²) in [7, 11) is 0. The Bertz CT molecular complexity index is 364. The Kier molecular flexibility index (Phi) is 6.51. The van der Waals surface area contributed by atoms with Gasteiger partial charge in [-0.2, -0.15) is 0 Å². The van der Waals surface area contributed by atoms with E-state index in [4.69, 9.17) is 22.1 Å². The minimum absolute atomic E-state index is 0.160. The van der Waals surface area contributed by atoms with Crippen LogP contribution in [0.3, 0.4) is 0 Å². The first kappa shape index (κ1) is 15.3. The molecule has 102 valence electrons. The monoisotopic (exact) mass is 269 g/mol. The van der Waals surface area contributed by atoms with Crippen molar-refractivity contribution >= 4 is 11.6 Å². The highest BCUT2D eigenvalue weighted by Gasteiger charge is 2.14. The van der Waals surface area contributed by atoms with E-state index in [0.717, 1.165) is 37.0 Å². The molecule has 0 bridgehead atoms. The fourth-order valence-corrected chi connectivity index (χ4v) is 2.13. The number of benzene rings is 1. The van der Waals surface area contributed by atoms with Crippen LogP contribution in [0.1, 0.15) is 45.6 Å². The van der Waals surface area contributed by atoms with Crippen molar-refractivity contribution in [3.63, 3.8) is 0 Å². The van der Waals surface area contributed by atoms with E-state index in [1.165, 1.54) is 0 Å². The number of nitrogens with two attached hydrogens (primary N) is 1. The van der Waals surface area contributed by atoms with Crippen LogP contribution < -0.4 is 10.5 Å². The molecular weight excluding hydrogens is 246 g/mol. The largest absolute Gasteiger partial charge is 0.489 e. The van der Waals surface area contributed by atoms with Gasteiger partial charge in [-0.1, -0.05) is 44.5 Å². The summed E-state index contributed by atoms with van der Waals surface area (Å²) >= 11 is 6.25. The van der Waals surface area contributed by atoms with Gasteiger partial charge >= 0.3 is 0 Å². The van der Waals surface area contributed by atoms with Crippen LogP contribution in [0.4, 0.5) is 0 Å². The number of hydrogen-bond donors (Lipinski definition) is 1. The summed E-state index contributed by atoms with van der Waals surface area (Å²) in [6, 6.07) is 6.05. The van der Waals surface area contributed by atoms with Crippen LogP contribution in [0, 0.1) is 0 Å². The molecular formula is C15H24ClNO. The topological polar surface area (TPSA) is 35.2 Å². The molecule has 0 radical (unpaired) electrons. The molecule has 0 heterocycles. The molecule has 0 amide bonds. The molecule has 2 nitrogen and oxygen atoms in total. The summed E-state index contributed by atoms with van der Waals surface area (Å²) in [6.07, 6.45) is 3.97. The van der Waals surface area contributed by atoms with Crippen LogP contribution in [-0.2, 0) is 6.42 Å². The molecule has 1 unspecified atom stereocenters. The van der Waals surface area contributed by atoms with E-state index in [1.54, 1.807) is 0 Å². The highest BCUT2D eigenvalue weighted by Crippen LogP contribution is 2.31. The minimum Gasteiger partial charge on any atom is -0.489 e. The molecule has 0 saturated carbocycles. The molecule has 1 aromatic carbocycles. The van der Waals surface area contributed by atoms with Gasteiger partial charge in [-0.15, -0.1) is 0 Å². The molecule has 0 aliphatic rings. The Morgan fingerprint density at radius 2 is 1.83 bits per heavy atom. The molecule has 0 saturated heterocycles. The SMILES string of the molecule is CCC(N)Cc1cccc(Cl)c1OC(CC)CC. The third kappa shape index (κ3) is 4.18. The fraction of sp³-hybridized carbons (Fsp3) is 0.600. The van der Waals surface area contributed by atoms with Crippen LogP contribution in [0.2, 0.25) is 5.02 Å². The summed E-state index contributed by atoms with van der Waals surface area (Å²) in [5.41, 5.74) is 7.14. The fourth-order valence-electron chi connectivity index (χ4n) is 1.90. The van der Waals surface area contributed by atoms with E-state index in [9.17, 15) is 0 Å². The lowest BCUT2D eigenvalue weighted by Gasteiger charge is -2.20. The molecule has 0 fully saturated rings. The maximum atomic E-state index is 6.25. The predicted octanol–water partition coefficient (Wildman–Crippen LogP) is 4.19. The van der Waals surface area contributed by atoms with E-state index in [-0.39, 0.29) is 12.1 Å². The average Bonchev–Trinajstić information content (AvgIpc) is 2.38. The summed E-state index contributed by atoms with van der Waals surface area (Å²) < 4.78 is 6.03. The normalized spacial score (nSPS) is 12.8. The molecule has 1 atom stereocenters. The van der Waals surface area contributed by atoms with Crippen LogP contribution >= 0.6 is 11.6 Å². The summed E-state index contributed by atoms with van der Waals surface area (Å²) in [5, 5.41) is 0.683. The highest BCUT2D eigenvalue weighted by atomic mass is 35.5. The minimum atomic E-state index is 0.160. The zero-order valence-electron chi connectivity index (χ0n) is 11.6. The standard InChI is InChI=1S/C15H24ClNO/c1-4-12(17)10-11-8-7-9-14(16)15(11)18-13(5-2)6-3/h7-9,12-13H,4-6,10,17H2,1-3H3. The van der Waals surface area contributed by atoms with Gasteiger partial charge in [0.1, 0.15) is 5.75 Å². The first-order valence-corrected chi connectivity index (χ1v) is 7.19. The second-order valence-corrected chi connectivity index (χ2v) is 5.06. The first-order chi connectivity index (χ1) is 8.62. The van der Waals surface area contributed by atoms with Gasteiger partial charge in [0, 0.05) is 6.04 Å². The number of para-hydroxylation sites is 1. The number of halogens is 1. The lowest BCUT2D eigenvalue weighted by atomic mass is 10.0. The Balaban J connectivity index is 2.92. The molecule has 0 aromatic heterocycles. The van der Waals surface area contributed by atoms with E-state index in [1.807, 2.05) is 12.1 Å². The quantitative estimate of drug-likeness (QED) is 0.806. The van der Waals surface area contributed by atoms with Crippen molar-refractivity contribution in [2.45, 2.75) is 58.6 Å². The maximum Gasteiger partial charge on any atom is 0.141 e. The zero-order valence-corrected chi connectivity index (χ0v) is 12.3. The molecule has 2 N–H and O–H groups in total. The second-order valence-electron chi connectivity index (χ2n) is 4.66. The Hall–Kier alpha value is -0.730. The highest BCUT2D eigenvalue weighted by molar-refractivity contribution is 6.32. The van der Waals surface area contributed by atoms with Gasteiger partial charge in [0.15, 0.2) is 0 Å². The average molecular weight is 270 g/mol. The van der Waals surface area contributed by atoms with Gasteiger partial charge in [0.25, 0.3) is 0 Å². The van der Waals surface area contributed by atoms with Crippen molar-refractivity contribution in [2.24, 2.45) is 5.73 Å². The molecule has 1 aromatic rings. The molecule has 3 heteroatoms. The molecule has 1 rings (SSSR count). The number of rotatable bonds is 7. The maximum absolute atomic E-state index is 6.25. The van der Waals surface area contributed by atoms with Crippen molar-refractivity contribution < 1.29 is 4.74 Å². The van der Waals surface area contributed by atoms with Gasteiger partial charge < -0.3 is 10.5 Å². The summed E-state index contributed by atoms with van der Waals surface area (Å²) in [6.45, 7) is 6.35. The van der Waals surface area contributed by atoms with Gasteiger partial charge in [0.05, 0.1) is 11.1 Å². The molecule has 0 aliphatic heterocycles. The number of hydrogen-bond acceptors (Lipinski definition) is 2. The summed E-state index contributed by atoms with van der Waals surface area (Å²) in [5.74, 6) is 0.816. The van der Waals surface area contributed by atoms with Gasteiger partial charge in [-0.05, 0) is 37.3 Å². The Morgan fingerprint density at radius 3 is 2.39 bits per heavy atom. The van der Waals surface area contributed by atoms with Crippen LogP contribution in [0.25, 0.3) is 0 Å². The zero-order chi connectivity index (χ0) is 13.5. The van der Waals surface area contributed by atoms with Crippen molar-refractivity contribution in [2.75, 3.05) is 0 Å². The van der Waals surface area contributed by atoms with Crippen molar-refractivity contribution in [3.8, 4) is 5.75 Å². The van der Waals surface area contributed by atoms with Gasteiger partial charge in [-0.25, -0.2) is 0 Å². The predicted molar refractivity (Wildman–Crippen MR) is 78.4 cm³/mol. The van der Waals surface area contributed by atoms with Crippen LogP contribution in [0.5, 0.6) is 5.75 Å². The molecule has 0 aliphatic carbocycles. The Labute approximate surface area is 115 Å². The smallest absolute Gasteiger partial charge is 0.141 e. The van der Waals surface area contributed by atoms with Crippen LogP contribution in [0.15, 0.2) is 18.2 Å². The lowest BCUT2D eigenvalue weighted by molar-refractivity contribution is 0.191. The molecule has 18 heavy (non-hydrogen) atoms. The van der Waals surface area contributed by atoms with Gasteiger partial charge in [0.2, 0.25) is 0 Å².